The van der Waals surface area contributed by atoms with Crippen LogP contribution in [0.4, 0.5) is 5.82 Å². The van der Waals surface area contributed by atoms with Gasteiger partial charge in [0, 0.05) is 19.7 Å². The second kappa shape index (κ2) is 5.45. The molecule has 0 spiro atoms. The fourth-order valence-electron chi connectivity index (χ4n) is 2.95. The Hall–Kier alpha value is -2.68. The van der Waals surface area contributed by atoms with Gasteiger partial charge in [-0.05, 0) is 24.8 Å². The van der Waals surface area contributed by atoms with Gasteiger partial charge in [0.15, 0.2) is 0 Å². The Morgan fingerprint density at radius 3 is 2.83 bits per heavy atom. The van der Waals surface area contributed by atoms with Crippen molar-refractivity contribution in [1.29, 1.82) is 0 Å². The zero-order valence-electron chi connectivity index (χ0n) is 13.2. The van der Waals surface area contributed by atoms with Gasteiger partial charge in [-0.25, -0.2) is 4.79 Å². The highest BCUT2D eigenvalue weighted by atomic mass is 32.1. The van der Waals surface area contributed by atoms with Crippen LogP contribution >= 0.6 is 11.3 Å². The van der Waals surface area contributed by atoms with Crippen molar-refractivity contribution < 1.29 is 9.21 Å². The van der Waals surface area contributed by atoms with Gasteiger partial charge in [0.25, 0.3) is 11.8 Å². The van der Waals surface area contributed by atoms with Crippen molar-refractivity contribution >= 4 is 23.1 Å². The number of aryl methyl sites for hydroxylation is 2. The molecule has 124 valence electrons. The van der Waals surface area contributed by atoms with E-state index in [1.807, 2.05) is 30.5 Å². The van der Waals surface area contributed by atoms with E-state index >= 15 is 0 Å². The highest BCUT2D eigenvalue weighted by Crippen LogP contribution is 2.29. The van der Waals surface area contributed by atoms with E-state index in [0.29, 0.717) is 13.0 Å². The highest BCUT2D eigenvalue weighted by molar-refractivity contribution is 7.13. The molecule has 0 N–H and O–H groups in total. The smallest absolute Gasteiger partial charge is 0.387 e. The lowest BCUT2D eigenvalue weighted by molar-refractivity contribution is -0.120. The number of thiophene rings is 1. The third-order valence-electron chi connectivity index (χ3n) is 4.03. The number of aromatic nitrogens is 4. The first-order valence-electron chi connectivity index (χ1n) is 7.50. The molecule has 1 saturated heterocycles. The zero-order valence-corrected chi connectivity index (χ0v) is 14.0. The quantitative estimate of drug-likeness (QED) is 0.719. The van der Waals surface area contributed by atoms with E-state index in [2.05, 4.69) is 10.2 Å². The zero-order chi connectivity index (χ0) is 16.8. The SMILES string of the molecule is Cc1cc(N2CC[C@H](n3nc(-c4cccs4)oc3=O)C2=O)n(C)n1. The van der Waals surface area contributed by atoms with Crippen molar-refractivity contribution in [2.45, 2.75) is 19.4 Å². The van der Waals surface area contributed by atoms with Crippen LogP contribution in [0.15, 0.2) is 32.8 Å². The Morgan fingerprint density at radius 2 is 2.17 bits per heavy atom. The summed E-state index contributed by atoms with van der Waals surface area (Å²) in [5.74, 6) is 0.179. The summed E-state index contributed by atoms with van der Waals surface area (Å²) in [5.41, 5.74) is 0.835. The fraction of sp³-hybridized carbons (Fsp3) is 0.333. The van der Waals surface area contributed by atoms with Gasteiger partial charge in [0.2, 0.25) is 0 Å². The second-order valence-corrected chi connectivity index (χ2v) is 6.60. The minimum absolute atomic E-state index is 0.175. The molecule has 3 aromatic rings. The summed E-state index contributed by atoms with van der Waals surface area (Å²) >= 11 is 1.43. The Morgan fingerprint density at radius 1 is 1.33 bits per heavy atom. The first-order valence-corrected chi connectivity index (χ1v) is 8.38. The Bertz CT molecular complexity index is 952. The maximum Gasteiger partial charge on any atom is 0.438 e. The van der Waals surface area contributed by atoms with Crippen LogP contribution in [0, 0.1) is 6.92 Å². The van der Waals surface area contributed by atoms with Crippen molar-refractivity contribution in [2.24, 2.45) is 7.05 Å². The van der Waals surface area contributed by atoms with Crippen molar-refractivity contribution in [1.82, 2.24) is 19.6 Å². The van der Waals surface area contributed by atoms with E-state index < -0.39 is 11.8 Å². The summed E-state index contributed by atoms with van der Waals surface area (Å²) in [6.07, 6.45) is 0.499. The number of carbonyl (C=O) groups excluding carboxylic acids is 1. The Kier molecular flexibility index (Phi) is 3.38. The summed E-state index contributed by atoms with van der Waals surface area (Å²) in [5, 5.41) is 10.4. The molecule has 24 heavy (non-hydrogen) atoms. The lowest BCUT2D eigenvalue weighted by Crippen LogP contribution is -2.32. The molecule has 0 radical (unpaired) electrons. The average molecular weight is 345 g/mol. The first kappa shape index (κ1) is 14.9. The number of nitrogens with zero attached hydrogens (tertiary/aromatic N) is 5. The second-order valence-electron chi connectivity index (χ2n) is 5.66. The minimum atomic E-state index is -0.648. The molecule has 3 aromatic heterocycles. The van der Waals surface area contributed by atoms with Gasteiger partial charge in [-0.2, -0.15) is 9.78 Å². The number of hydrogen-bond acceptors (Lipinski definition) is 6. The molecular weight excluding hydrogens is 330 g/mol. The van der Waals surface area contributed by atoms with E-state index in [1.54, 1.807) is 16.6 Å². The number of carbonyl (C=O) groups is 1. The molecule has 1 atom stereocenters. The van der Waals surface area contributed by atoms with Crippen LogP contribution in [-0.4, -0.2) is 32.0 Å². The highest BCUT2D eigenvalue weighted by Gasteiger charge is 2.37. The maximum atomic E-state index is 12.8. The van der Waals surface area contributed by atoms with Crippen LogP contribution in [0.2, 0.25) is 0 Å². The van der Waals surface area contributed by atoms with E-state index in [4.69, 9.17) is 4.42 Å². The van der Waals surface area contributed by atoms with Gasteiger partial charge in [0.1, 0.15) is 11.9 Å². The van der Waals surface area contributed by atoms with Gasteiger partial charge in [-0.15, -0.1) is 16.4 Å². The van der Waals surface area contributed by atoms with Gasteiger partial charge < -0.3 is 4.42 Å². The standard InChI is InChI=1S/C15H15N5O3S/c1-9-8-12(18(2)16-9)19-6-5-10(14(19)21)20-15(22)23-13(17-20)11-4-3-7-24-11/h3-4,7-8,10H,5-6H2,1-2H3/t10-/m0/s1. The summed E-state index contributed by atoms with van der Waals surface area (Å²) < 4.78 is 8.03. The molecule has 1 aliphatic heterocycles. The van der Waals surface area contributed by atoms with Crippen molar-refractivity contribution in [2.75, 3.05) is 11.4 Å². The third-order valence-corrected chi connectivity index (χ3v) is 4.89. The van der Waals surface area contributed by atoms with Crippen molar-refractivity contribution in [3.63, 3.8) is 0 Å². The molecule has 0 aliphatic carbocycles. The molecule has 0 bridgehead atoms. The predicted octanol–water partition coefficient (Wildman–Crippen LogP) is 1.58. The van der Waals surface area contributed by atoms with Gasteiger partial charge in [0.05, 0.1) is 10.6 Å². The maximum absolute atomic E-state index is 12.8. The van der Waals surface area contributed by atoms with Gasteiger partial charge >= 0.3 is 5.76 Å². The number of amides is 1. The first-order chi connectivity index (χ1) is 11.5. The van der Waals surface area contributed by atoms with Crippen LogP contribution in [-0.2, 0) is 11.8 Å². The van der Waals surface area contributed by atoms with Crippen LogP contribution in [0.5, 0.6) is 0 Å². The molecule has 4 heterocycles. The number of hydrogen-bond donors (Lipinski definition) is 0. The number of anilines is 1. The third kappa shape index (κ3) is 2.28. The summed E-state index contributed by atoms with van der Waals surface area (Å²) in [4.78, 5) is 27.3. The molecule has 4 rings (SSSR count). The minimum Gasteiger partial charge on any atom is -0.387 e. The number of rotatable bonds is 3. The molecule has 0 saturated carbocycles. The monoisotopic (exact) mass is 345 g/mol. The fourth-order valence-corrected chi connectivity index (χ4v) is 3.60. The van der Waals surface area contributed by atoms with Gasteiger partial charge in [-0.1, -0.05) is 6.07 Å². The summed E-state index contributed by atoms with van der Waals surface area (Å²) in [6.45, 7) is 2.38. The predicted molar refractivity (Wildman–Crippen MR) is 88.0 cm³/mol. The topological polar surface area (TPSA) is 86.2 Å². The van der Waals surface area contributed by atoms with Crippen LogP contribution in [0.3, 0.4) is 0 Å². The normalized spacial score (nSPS) is 17.8. The van der Waals surface area contributed by atoms with Crippen LogP contribution < -0.4 is 10.7 Å². The van der Waals surface area contributed by atoms with Crippen LogP contribution in [0.1, 0.15) is 18.2 Å². The molecule has 1 amide bonds. The average Bonchev–Trinajstić information content (AvgIpc) is 3.28. The molecule has 1 fully saturated rings. The molecule has 0 unspecified atom stereocenters. The molecule has 9 heteroatoms. The Balaban J connectivity index is 1.66. The molecule has 0 aromatic carbocycles. The van der Waals surface area contributed by atoms with Crippen molar-refractivity contribution in [3.05, 3.63) is 39.8 Å². The van der Waals surface area contributed by atoms with E-state index in [0.717, 1.165) is 21.1 Å². The lowest BCUT2D eigenvalue weighted by atomic mass is 10.2. The molecular formula is C15H15N5O3S. The lowest BCUT2D eigenvalue weighted by Gasteiger charge is -2.15. The van der Waals surface area contributed by atoms with E-state index in [-0.39, 0.29) is 11.8 Å². The Labute approximate surface area is 140 Å². The molecule has 1 aliphatic rings. The van der Waals surface area contributed by atoms with E-state index in [9.17, 15) is 9.59 Å². The van der Waals surface area contributed by atoms with Gasteiger partial charge in [-0.3, -0.25) is 14.4 Å². The van der Waals surface area contributed by atoms with Crippen molar-refractivity contribution in [3.8, 4) is 10.8 Å². The largest absolute Gasteiger partial charge is 0.438 e. The summed E-state index contributed by atoms with van der Waals surface area (Å²) in [6, 6.07) is 4.88. The van der Waals surface area contributed by atoms with E-state index in [1.165, 1.54) is 11.3 Å². The summed E-state index contributed by atoms with van der Waals surface area (Å²) in [7, 11) is 1.79. The molecule has 8 nitrogen and oxygen atoms in total. The van der Waals surface area contributed by atoms with Crippen LogP contribution in [0.25, 0.3) is 10.8 Å².